The van der Waals surface area contributed by atoms with Gasteiger partial charge in [0, 0.05) is 22.8 Å². The molecule has 1 atom stereocenters. The van der Waals surface area contributed by atoms with Gasteiger partial charge in [-0.15, -0.1) is 0 Å². The van der Waals surface area contributed by atoms with Crippen LogP contribution in [-0.4, -0.2) is 31.1 Å². The zero-order chi connectivity index (χ0) is 18.9. The zero-order valence-electron chi connectivity index (χ0n) is 14.6. The summed E-state index contributed by atoms with van der Waals surface area (Å²) in [7, 11) is 0. The maximum atomic E-state index is 12.3. The Balaban J connectivity index is 1.90. The summed E-state index contributed by atoms with van der Waals surface area (Å²) in [5, 5.41) is 5.42. The van der Waals surface area contributed by atoms with E-state index in [9.17, 15) is 9.59 Å². The third kappa shape index (κ3) is 6.40. The molecule has 0 fully saturated rings. The minimum atomic E-state index is -0.670. The Bertz CT molecular complexity index is 749. The second-order valence-electron chi connectivity index (χ2n) is 5.47. The van der Waals surface area contributed by atoms with Gasteiger partial charge < -0.3 is 20.1 Å². The lowest BCUT2D eigenvalue weighted by Crippen LogP contribution is -2.30. The Morgan fingerprint density at radius 2 is 1.85 bits per heavy atom. The summed E-state index contributed by atoms with van der Waals surface area (Å²) >= 11 is 3.35. The molecule has 0 radical (unpaired) electrons. The van der Waals surface area contributed by atoms with E-state index in [1.165, 1.54) is 0 Å². The lowest BCUT2D eigenvalue weighted by atomic mass is 10.2. The molecule has 0 heterocycles. The van der Waals surface area contributed by atoms with Crippen molar-refractivity contribution in [3.8, 4) is 11.5 Å². The number of nitrogens with one attached hydrogen (secondary N) is 2. The van der Waals surface area contributed by atoms with E-state index in [0.717, 1.165) is 4.47 Å². The fourth-order valence-electron chi connectivity index (χ4n) is 2.08. The minimum absolute atomic E-state index is 0.0751. The zero-order valence-corrected chi connectivity index (χ0v) is 16.2. The molecule has 0 spiro atoms. The quantitative estimate of drug-likeness (QED) is 0.686. The first kappa shape index (κ1) is 19.8. The molecule has 138 valence electrons. The molecular formula is C19H21BrN2O4. The number of hydrogen-bond donors (Lipinski definition) is 2. The molecule has 2 aromatic rings. The highest BCUT2D eigenvalue weighted by Gasteiger charge is 2.15. The number of likely N-dealkylation sites (N-methyl/N-ethyl adjacent to an activating group) is 1. The van der Waals surface area contributed by atoms with Crippen molar-refractivity contribution in [1.29, 1.82) is 0 Å². The van der Waals surface area contributed by atoms with E-state index in [1.807, 2.05) is 19.1 Å². The van der Waals surface area contributed by atoms with E-state index in [4.69, 9.17) is 9.47 Å². The van der Waals surface area contributed by atoms with Gasteiger partial charge >= 0.3 is 0 Å². The Labute approximate surface area is 161 Å². The molecular weight excluding hydrogens is 400 g/mol. The van der Waals surface area contributed by atoms with Gasteiger partial charge in [0.1, 0.15) is 11.5 Å². The lowest BCUT2D eigenvalue weighted by molar-refractivity contribution is -0.123. The molecule has 2 aromatic carbocycles. The second kappa shape index (κ2) is 9.82. The SMILES string of the molecule is CCNC(=O)COc1cccc(NC(=O)C(C)Oc2ccc(Br)cc2)c1. The summed E-state index contributed by atoms with van der Waals surface area (Å²) in [5.74, 6) is 0.623. The second-order valence-corrected chi connectivity index (χ2v) is 6.39. The summed E-state index contributed by atoms with van der Waals surface area (Å²) in [6.45, 7) is 3.99. The van der Waals surface area contributed by atoms with Gasteiger partial charge in [0.05, 0.1) is 0 Å². The Kier molecular flexibility index (Phi) is 7.47. The van der Waals surface area contributed by atoms with Gasteiger partial charge in [0.15, 0.2) is 12.7 Å². The van der Waals surface area contributed by atoms with Crippen molar-refractivity contribution in [2.45, 2.75) is 20.0 Å². The van der Waals surface area contributed by atoms with Gasteiger partial charge in [-0.1, -0.05) is 22.0 Å². The van der Waals surface area contributed by atoms with Crippen molar-refractivity contribution in [2.24, 2.45) is 0 Å². The highest BCUT2D eigenvalue weighted by Crippen LogP contribution is 2.19. The molecule has 0 aliphatic rings. The van der Waals surface area contributed by atoms with Crippen LogP contribution in [0.15, 0.2) is 53.0 Å². The van der Waals surface area contributed by atoms with Gasteiger partial charge in [-0.05, 0) is 50.2 Å². The van der Waals surface area contributed by atoms with Crippen LogP contribution >= 0.6 is 15.9 Å². The van der Waals surface area contributed by atoms with Crippen LogP contribution in [0.4, 0.5) is 5.69 Å². The Hall–Kier alpha value is -2.54. The van der Waals surface area contributed by atoms with Crippen molar-refractivity contribution in [3.63, 3.8) is 0 Å². The summed E-state index contributed by atoms with van der Waals surface area (Å²) in [4.78, 5) is 23.7. The van der Waals surface area contributed by atoms with Crippen LogP contribution in [0.2, 0.25) is 0 Å². The molecule has 26 heavy (non-hydrogen) atoms. The van der Waals surface area contributed by atoms with Crippen molar-refractivity contribution in [1.82, 2.24) is 5.32 Å². The number of halogens is 1. The van der Waals surface area contributed by atoms with Gasteiger partial charge in [-0.25, -0.2) is 0 Å². The van der Waals surface area contributed by atoms with Gasteiger partial charge in [0.2, 0.25) is 0 Å². The van der Waals surface area contributed by atoms with E-state index in [2.05, 4.69) is 26.6 Å². The highest BCUT2D eigenvalue weighted by atomic mass is 79.9. The predicted molar refractivity (Wildman–Crippen MR) is 103 cm³/mol. The topological polar surface area (TPSA) is 76.7 Å². The standard InChI is InChI=1S/C19H21BrN2O4/c1-3-21-18(23)12-25-17-6-4-5-15(11-17)22-19(24)13(2)26-16-9-7-14(20)8-10-16/h4-11,13H,3,12H2,1-2H3,(H,21,23)(H,22,24). The third-order valence-electron chi connectivity index (χ3n) is 3.34. The number of ether oxygens (including phenoxy) is 2. The highest BCUT2D eigenvalue weighted by molar-refractivity contribution is 9.10. The van der Waals surface area contributed by atoms with Crippen molar-refractivity contribution in [2.75, 3.05) is 18.5 Å². The summed E-state index contributed by atoms with van der Waals surface area (Å²) in [5.41, 5.74) is 0.564. The number of hydrogen-bond acceptors (Lipinski definition) is 4. The Morgan fingerprint density at radius 3 is 2.54 bits per heavy atom. The van der Waals surface area contributed by atoms with Gasteiger partial charge in [0.25, 0.3) is 11.8 Å². The van der Waals surface area contributed by atoms with Crippen LogP contribution in [0.25, 0.3) is 0 Å². The molecule has 0 aliphatic heterocycles. The van der Waals surface area contributed by atoms with E-state index in [1.54, 1.807) is 43.3 Å². The van der Waals surface area contributed by atoms with Gasteiger partial charge in [-0.3, -0.25) is 9.59 Å². The summed E-state index contributed by atoms with van der Waals surface area (Å²) in [6, 6.07) is 14.1. The largest absolute Gasteiger partial charge is 0.484 e. The molecule has 6 nitrogen and oxygen atoms in total. The molecule has 2 rings (SSSR count). The minimum Gasteiger partial charge on any atom is -0.484 e. The molecule has 0 bridgehead atoms. The number of anilines is 1. The van der Waals surface area contributed by atoms with Crippen LogP contribution < -0.4 is 20.1 Å². The molecule has 0 aliphatic carbocycles. The molecule has 1 unspecified atom stereocenters. The maximum absolute atomic E-state index is 12.3. The number of amides is 2. The monoisotopic (exact) mass is 420 g/mol. The smallest absolute Gasteiger partial charge is 0.265 e. The number of carbonyl (C=O) groups excluding carboxylic acids is 2. The maximum Gasteiger partial charge on any atom is 0.265 e. The van der Waals surface area contributed by atoms with E-state index >= 15 is 0 Å². The summed E-state index contributed by atoms with van der Waals surface area (Å²) in [6.07, 6.45) is -0.670. The normalized spacial score (nSPS) is 11.3. The fraction of sp³-hybridized carbons (Fsp3) is 0.263. The van der Waals surface area contributed by atoms with Gasteiger partial charge in [-0.2, -0.15) is 0 Å². The first-order valence-corrected chi connectivity index (χ1v) is 9.00. The molecule has 0 saturated heterocycles. The van der Waals surface area contributed by atoms with Crippen LogP contribution in [0.1, 0.15) is 13.8 Å². The number of carbonyl (C=O) groups is 2. The van der Waals surface area contributed by atoms with E-state index < -0.39 is 6.10 Å². The van der Waals surface area contributed by atoms with Crippen LogP contribution in [-0.2, 0) is 9.59 Å². The molecule has 0 saturated carbocycles. The van der Waals surface area contributed by atoms with Crippen LogP contribution in [0.3, 0.4) is 0 Å². The Morgan fingerprint density at radius 1 is 1.12 bits per heavy atom. The third-order valence-corrected chi connectivity index (χ3v) is 3.87. The first-order chi connectivity index (χ1) is 12.5. The summed E-state index contributed by atoms with van der Waals surface area (Å²) < 4.78 is 12.0. The van der Waals surface area contributed by atoms with E-state index in [0.29, 0.717) is 23.7 Å². The van der Waals surface area contributed by atoms with E-state index in [-0.39, 0.29) is 18.4 Å². The average Bonchev–Trinajstić information content (AvgIpc) is 2.62. The van der Waals surface area contributed by atoms with Crippen molar-refractivity contribution < 1.29 is 19.1 Å². The fourth-order valence-corrected chi connectivity index (χ4v) is 2.34. The first-order valence-electron chi connectivity index (χ1n) is 8.20. The lowest BCUT2D eigenvalue weighted by Gasteiger charge is -2.15. The van der Waals surface area contributed by atoms with Crippen molar-refractivity contribution in [3.05, 3.63) is 53.0 Å². The van der Waals surface area contributed by atoms with Crippen molar-refractivity contribution >= 4 is 33.4 Å². The molecule has 2 amide bonds. The molecule has 0 aromatic heterocycles. The van der Waals surface area contributed by atoms with Crippen LogP contribution in [0, 0.1) is 0 Å². The average molecular weight is 421 g/mol. The number of rotatable bonds is 8. The predicted octanol–water partition coefficient (Wildman–Crippen LogP) is 3.37. The van der Waals surface area contributed by atoms with Crippen LogP contribution in [0.5, 0.6) is 11.5 Å². The molecule has 2 N–H and O–H groups in total. The number of benzene rings is 2. The molecule has 7 heteroatoms.